The minimum Gasteiger partial charge on any atom is -0.444 e. The Labute approximate surface area is 294 Å². The van der Waals surface area contributed by atoms with Crippen molar-refractivity contribution in [1.29, 1.82) is 0 Å². The van der Waals surface area contributed by atoms with E-state index in [0.717, 1.165) is 29.7 Å². The van der Waals surface area contributed by atoms with Crippen LogP contribution >= 0.6 is 0 Å². The summed E-state index contributed by atoms with van der Waals surface area (Å²) >= 11 is 0. The van der Waals surface area contributed by atoms with Crippen LogP contribution in [0.15, 0.2) is 66.7 Å². The van der Waals surface area contributed by atoms with Crippen molar-refractivity contribution >= 4 is 39.5 Å². The minimum absolute atomic E-state index is 0.0622. The Bertz CT molecular complexity index is 1740. The summed E-state index contributed by atoms with van der Waals surface area (Å²) in [5.41, 5.74) is 0.628. The summed E-state index contributed by atoms with van der Waals surface area (Å²) in [7, 11) is -3.86. The Morgan fingerprint density at radius 1 is 0.940 bits per heavy atom. The first-order valence-electron chi connectivity index (χ1n) is 17.5. The average Bonchev–Trinajstić information content (AvgIpc) is 3.99. The zero-order chi connectivity index (χ0) is 35.7. The molecule has 1 unspecified atom stereocenters. The molecule has 2 aliphatic carbocycles. The molecule has 12 nitrogen and oxygen atoms in total. The number of alkyl carbamates (subject to hydrolysis) is 1. The van der Waals surface area contributed by atoms with E-state index in [-0.39, 0.29) is 25.6 Å². The number of nitrogens with one attached hydrogen (secondary N) is 3. The molecular weight excluding hydrogens is 659 g/mol. The molecule has 2 aliphatic heterocycles. The van der Waals surface area contributed by atoms with Crippen LogP contribution in [0.3, 0.4) is 0 Å². The number of hydrogen-bond donors (Lipinski definition) is 3. The summed E-state index contributed by atoms with van der Waals surface area (Å²) in [6, 6.07) is 15.8. The van der Waals surface area contributed by atoms with Crippen molar-refractivity contribution in [2.45, 2.75) is 101 Å². The number of amides is 4. The quantitative estimate of drug-likeness (QED) is 0.378. The van der Waals surface area contributed by atoms with E-state index in [4.69, 9.17) is 4.74 Å². The van der Waals surface area contributed by atoms with Crippen molar-refractivity contribution in [3.8, 4) is 11.1 Å². The van der Waals surface area contributed by atoms with Crippen LogP contribution in [0, 0.1) is 5.92 Å². The molecule has 4 atom stereocenters. The normalized spacial score (nSPS) is 26.7. The third kappa shape index (κ3) is 8.14. The number of anilines is 1. The number of nitrogens with zero attached hydrogens (tertiary/aromatic N) is 2. The van der Waals surface area contributed by atoms with E-state index in [1.54, 1.807) is 20.8 Å². The van der Waals surface area contributed by atoms with E-state index in [1.165, 1.54) is 4.90 Å². The second kappa shape index (κ2) is 14.1. The second-order valence-corrected chi connectivity index (χ2v) is 16.8. The molecule has 1 saturated heterocycles. The number of fused-ring (bicyclic) bond motifs is 2. The van der Waals surface area contributed by atoms with Gasteiger partial charge in [0.05, 0.1) is 11.9 Å². The fraction of sp³-hybridized carbons (Fsp3) is 0.514. The molecule has 0 radical (unpaired) electrons. The zero-order valence-corrected chi connectivity index (χ0v) is 29.7. The van der Waals surface area contributed by atoms with Crippen LogP contribution in [-0.4, -0.2) is 78.8 Å². The SMILES string of the molecule is CC(C)(C)OC(=O)NC1CCCCC/C=C\[C@@H]2C[C@@]2(C(=O)NS(=O)(=O)C2CC2)NC(=O)[C@@H]2CN(c3ccc(-c4ccccc4)cc3)CN2C1=O. The Morgan fingerprint density at radius 3 is 2.32 bits per heavy atom. The first-order valence-corrected chi connectivity index (χ1v) is 19.1. The first kappa shape index (κ1) is 35.4. The number of hydrogen-bond acceptors (Lipinski definition) is 8. The van der Waals surface area contributed by atoms with E-state index in [2.05, 4.69) is 15.4 Å². The number of allylic oxidation sites excluding steroid dienone is 1. The van der Waals surface area contributed by atoms with Crippen LogP contribution in [0.2, 0.25) is 0 Å². The van der Waals surface area contributed by atoms with Crippen LogP contribution in [0.1, 0.15) is 72.1 Å². The summed E-state index contributed by atoms with van der Waals surface area (Å²) in [6.45, 7) is 5.42. The highest BCUT2D eigenvalue weighted by Crippen LogP contribution is 2.46. The topological polar surface area (TPSA) is 154 Å². The van der Waals surface area contributed by atoms with Gasteiger partial charge >= 0.3 is 6.09 Å². The second-order valence-electron chi connectivity index (χ2n) is 14.8. The minimum atomic E-state index is -3.86. The van der Waals surface area contributed by atoms with Crippen LogP contribution < -0.4 is 20.3 Å². The Morgan fingerprint density at radius 2 is 1.64 bits per heavy atom. The van der Waals surface area contributed by atoms with Gasteiger partial charge in [-0.1, -0.05) is 67.5 Å². The molecule has 2 saturated carbocycles. The Kier molecular flexibility index (Phi) is 9.98. The summed E-state index contributed by atoms with van der Waals surface area (Å²) < 4.78 is 33.3. The number of carbonyl (C=O) groups is 4. The molecule has 4 aliphatic rings. The predicted octanol–water partition coefficient (Wildman–Crippen LogP) is 4.23. The molecule has 3 fully saturated rings. The van der Waals surface area contributed by atoms with Gasteiger partial charge in [0.1, 0.15) is 23.2 Å². The van der Waals surface area contributed by atoms with Gasteiger partial charge in [-0.05, 0) is 82.6 Å². The van der Waals surface area contributed by atoms with Crippen molar-refractivity contribution in [3.05, 3.63) is 66.7 Å². The maximum atomic E-state index is 14.4. The highest BCUT2D eigenvalue weighted by atomic mass is 32.2. The zero-order valence-electron chi connectivity index (χ0n) is 28.9. The molecule has 13 heteroatoms. The molecule has 50 heavy (non-hydrogen) atoms. The lowest BCUT2D eigenvalue weighted by molar-refractivity contribution is -0.141. The standard InChI is InChI=1S/C37H47N5O7S/c1-36(2,3)49-35(46)38-30-15-11-6-4-5-10-14-27-22-37(27,34(45)40-50(47,48)29-20-21-29)39-32(43)31-23-41(24-42(31)33(30)44)28-18-16-26(17-19-28)25-12-8-7-9-13-25/h7-10,12-14,16-19,27,29-31H,4-6,11,15,20-24H2,1-3H3,(H,38,46)(H,39,43)(H,40,45)/b14-10-/t27-,30?,31+,37-/m1/s1. The molecule has 3 N–H and O–H groups in total. The Balaban J connectivity index is 1.30. The van der Waals surface area contributed by atoms with Gasteiger partial charge < -0.3 is 25.2 Å². The number of rotatable bonds is 6. The third-order valence-electron chi connectivity index (χ3n) is 9.70. The summed E-state index contributed by atoms with van der Waals surface area (Å²) in [5.74, 6) is -2.15. The van der Waals surface area contributed by atoms with Gasteiger partial charge in [-0.15, -0.1) is 0 Å². The van der Waals surface area contributed by atoms with Crippen molar-refractivity contribution in [3.63, 3.8) is 0 Å². The summed E-state index contributed by atoms with van der Waals surface area (Å²) in [4.78, 5) is 58.6. The molecule has 0 spiro atoms. The molecular formula is C37H47N5O7S. The number of carbonyl (C=O) groups excluding carboxylic acids is 4. The van der Waals surface area contributed by atoms with Gasteiger partial charge in [-0.2, -0.15) is 0 Å². The van der Waals surface area contributed by atoms with Gasteiger partial charge in [-0.3, -0.25) is 19.1 Å². The molecule has 6 rings (SSSR count). The fourth-order valence-corrected chi connectivity index (χ4v) is 8.06. The fourth-order valence-electron chi connectivity index (χ4n) is 6.70. The smallest absolute Gasteiger partial charge is 0.408 e. The number of benzene rings is 2. The van der Waals surface area contributed by atoms with Crippen molar-refractivity contribution in [1.82, 2.24) is 20.3 Å². The first-order chi connectivity index (χ1) is 23.8. The third-order valence-corrected chi connectivity index (χ3v) is 11.5. The molecule has 2 aromatic rings. The molecule has 2 aromatic carbocycles. The highest BCUT2D eigenvalue weighted by molar-refractivity contribution is 7.91. The van der Waals surface area contributed by atoms with E-state index in [9.17, 15) is 27.6 Å². The van der Waals surface area contributed by atoms with E-state index in [0.29, 0.717) is 32.1 Å². The maximum absolute atomic E-state index is 14.4. The molecule has 2 heterocycles. The van der Waals surface area contributed by atoms with Gasteiger partial charge in [-0.25, -0.2) is 13.2 Å². The summed E-state index contributed by atoms with van der Waals surface area (Å²) in [6.07, 6.45) is 7.69. The number of sulfonamides is 1. The Hall–Kier alpha value is -4.39. The highest BCUT2D eigenvalue weighted by Gasteiger charge is 2.62. The lowest BCUT2D eigenvalue weighted by Crippen LogP contribution is -2.59. The van der Waals surface area contributed by atoms with Gasteiger partial charge in [0.15, 0.2) is 0 Å². The van der Waals surface area contributed by atoms with Crippen molar-refractivity contribution in [2.75, 3.05) is 18.1 Å². The summed E-state index contributed by atoms with van der Waals surface area (Å²) in [5, 5.41) is 5.06. The van der Waals surface area contributed by atoms with Gasteiger partial charge in [0.25, 0.3) is 5.91 Å². The van der Waals surface area contributed by atoms with Crippen LogP contribution in [-0.2, 0) is 29.1 Å². The van der Waals surface area contributed by atoms with E-state index >= 15 is 0 Å². The van der Waals surface area contributed by atoms with Gasteiger partial charge in [0, 0.05) is 18.2 Å². The maximum Gasteiger partial charge on any atom is 0.408 e. The van der Waals surface area contributed by atoms with Crippen molar-refractivity contribution < 1.29 is 32.3 Å². The predicted molar refractivity (Wildman–Crippen MR) is 189 cm³/mol. The molecule has 268 valence electrons. The lowest BCUT2D eigenvalue weighted by atomic mass is 10.0. The van der Waals surface area contributed by atoms with E-state index in [1.807, 2.05) is 71.6 Å². The monoisotopic (exact) mass is 705 g/mol. The average molecular weight is 706 g/mol. The van der Waals surface area contributed by atoms with E-state index < -0.39 is 62.3 Å². The number of ether oxygens (including phenoxy) is 1. The molecule has 4 amide bonds. The van der Waals surface area contributed by atoms with Gasteiger partial charge in [0.2, 0.25) is 21.8 Å². The van der Waals surface area contributed by atoms with Crippen LogP contribution in [0.25, 0.3) is 11.1 Å². The largest absolute Gasteiger partial charge is 0.444 e. The molecule has 0 aromatic heterocycles. The lowest BCUT2D eigenvalue weighted by Gasteiger charge is -2.30. The van der Waals surface area contributed by atoms with Crippen LogP contribution in [0.4, 0.5) is 10.5 Å². The van der Waals surface area contributed by atoms with Crippen molar-refractivity contribution in [2.24, 2.45) is 5.92 Å². The van der Waals surface area contributed by atoms with Crippen LogP contribution in [0.5, 0.6) is 0 Å². The molecule has 0 bridgehead atoms.